The van der Waals surface area contributed by atoms with Crippen molar-refractivity contribution < 1.29 is 4.42 Å². The predicted molar refractivity (Wildman–Crippen MR) is 242 cm³/mol. The van der Waals surface area contributed by atoms with Crippen molar-refractivity contribution in [3.63, 3.8) is 0 Å². The number of allylic oxidation sites excluding steroid dienone is 1. The molecule has 4 heterocycles. The van der Waals surface area contributed by atoms with Gasteiger partial charge in [-0.3, -0.25) is 0 Å². The highest BCUT2D eigenvalue weighted by molar-refractivity contribution is 7.26. The van der Waals surface area contributed by atoms with Crippen molar-refractivity contribution in [3.05, 3.63) is 181 Å². The fourth-order valence-electron chi connectivity index (χ4n) is 8.50. The lowest BCUT2D eigenvalue weighted by molar-refractivity contribution is 0.560. The Kier molecular flexibility index (Phi) is 7.74. The van der Waals surface area contributed by atoms with Crippen LogP contribution in [0, 0.1) is 0 Å². The largest absolute Gasteiger partial charge is 0.436 e. The molecule has 7 heteroatoms. The fourth-order valence-corrected chi connectivity index (χ4v) is 9.69. The van der Waals surface area contributed by atoms with Gasteiger partial charge in [-0.1, -0.05) is 115 Å². The van der Waals surface area contributed by atoms with Crippen LogP contribution in [0.2, 0.25) is 0 Å². The number of hydrogen-bond acceptors (Lipinski definition) is 6. The van der Waals surface area contributed by atoms with Crippen molar-refractivity contribution in [1.29, 1.82) is 0 Å². The average molecular weight is 776 g/mol. The summed E-state index contributed by atoms with van der Waals surface area (Å²) in [6, 6.07) is 57.6. The number of aromatic nitrogens is 5. The molecule has 0 aliphatic heterocycles. The normalized spacial score (nSPS) is 12.5. The van der Waals surface area contributed by atoms with Crippen LogP contribution in [0.3, 0.4) is 0 Å². The van der Waals surface area contributed by atoms with Crippen LogP contribution in [-0.4, -0.2) is 24.5 Å². The maximum absolute atomic E-state index is 6.17. The number of thiophene rings is 1. The van der Waals surface area contributed by atoms with Gasteiger partial charge in [0.15, 0.2) is 23.2 Å². The highest BCUT2D eigenvalue weighted by atomic mass is 32.1. The third kappa shape index (κ3) is 5.69. The van der Waals surface area contributed by atoms with Crippen LogP contribution in [0.25, 0.3) is 110 Å². The molecule has 0 spiro atoms. The molecule has 1 aliphatic carbocycles. The van der Waals surface area contributed by atoms with Crippen LogP contribution >= 0.6 is 11.3 Å². The Morgan fingerprint density at radius 1 is 0.492 bits per heavy atom. The maximum Gasteiger partial charge on any atom is 0.226 e. The van der Waals surface area contributed by atoms with Crippen LogP contribution in [-0.2, 0) is 6.42 Å². The molecule has 0 radical (unpaired) electrons. The lowest BCUT2D eigenvalue weighted by atomic mass is 10.0. The van der Waals surface area contributed by atoms with Crippen molar-refractivity contribution in [3.8, 4) is 62.4 Å². The molecule has 278 valence electrons. The van der Waals surface area contributed by atoms with Crippen LogP contribution in [0.15, 0.2) is 174 Å². The molecule has 4 aromatic heterocycles. The van der Waals surface area contributed by atoms with Crippen LogP contribution in [0.5, 0.6) is 0 Å². The van der Waals surface area contributed by atoms with Gasteiger partial charge in [-0.2, -0.15) is 0 Å². The van der Waals surface area contributed by atoms with Gasteiger partial charge < -0.3 is 8.98 Å². The molecule has 0 saturated heterocycles. The van der Waals surface area contributed by atoms with E-state index in [-0.39, 0.29) is 0 Å². The summed E-state index contributed by atoms with van der Waals surface area (Å²) in [4.78, 5) is 20.4. The molecular weight excluding hydrogens is 743 g/mol. The molecule has 59 heavy (non-hydrogen) atoms. The number of aryl methyl sites for hydroxylation is 1. The molecule has 0 atom stereocenters. The van der Waals surface area contributed by atoms with Gasteiger partial charge in [-0.05, 0) is 84.6 Å². The summed E-state index contributed by atoms with van der Waals surface area (Å²) >= 11 is 1.77. The zero-order valence-corrected chi connectivity index (χ0v) is 32.5. The van der Waals surface area contributed by atoms with E-state index in [4.69, 9.17) is 24.4 Å². The molecule has 0 N–H and O–H groups in total. The number of nitrogens with zero attached hydrogens (tertiary/aromatic N) is 5. The van der Waals surface area contributed by atoms with E-state index in [1.54, 1.807) is 11.3 Å². The Balaban J connectivity index is 0.996. The number of benzene rings is 7. The Hall–Kier alpha value is -7.48. The van der Waals surface area contributed by atoms with Gasteiger partial charge in [-0.25, -0.2) is 19.9 Å². The quantitative estimate of drug-likeness (QED) is 0.168. The molecule has 1 aliphatic rings. The van der Waals surface area contributed by atoms with Gasteiger partial charge in [0.25, 0.3) is 0 Å². The maximum atomic E-state index is 6.17. The Morgan fingerprint density at radius 3 is 2.07 bits per heavy atom. The summed E-state index contributed by atoms with van der Waals surface area (Å²) in [6.07, 6.45) is 6.09. The van der Waals surface area contributed by atoms with E-state index in [1.165, 1.54) is 26.2 Å². The number of hydrogen-bond donors (Lipinski definition) is 0. The zero-order chi connectivity index (χ0) is 38.9. The molecule has 11 aromatic rings. The Morgan fingerprint density at radius 2 is 1.19 bits per heavy atom. The fraction of sp³-hybridized carbons (Fsp3) is 0.0385. The van der Waals surface area contributed by atoms with Crippen LogP contribution in [0.4, 0.5) is 0 Å². The van der Waals surface area contributed by atoms with Gasteiger partial charge in [0, 0.05) is 58.9 Å². The summed E-state index contributed by atoms with van der Waals surface area (Å²) in [7, 11) is 0. The Labute approximate surface area is 343 Å². The van der Waals surface area contributed by atoms with Gasteiger partial charge in [0.05, 0.1) is 16.7 Å². The van der Waals surface area contributed by atoms with Gasteiger partial charge >= 0.3 is 0 Å². The molecule has 0 fully saturated rings. The first-order valence-corrected chi connectivity index (χ1v) is 20.7. The molecular formula is C52H33N5OS. The molecule has 6 nitrogen and oxygen atoms in total. The SMILES string of the molecule is C1=Cc2oc(-c3cccc(-c4ccc5sc6c(-c7nc(-c8ccccc8)nc(-c8ccc9c%10ccccc%10n(-c%10ccccc%10)c9c8)n7)cccc6c5c4)c3)nc2CC1. The average Bonchev–Trinajstić information content (AvgIpc) is 4.01. The minimum atomic E-state index is 0.629. The molecule has 0 bridgehead atoms. The van der Waals surface area contributed by atoms with Crippen LogP contribution in [0.1, 0.15) is 17.9 Å². The molecule has 0 unspecified atom stereocenters. The number of oxazole rings is 1. The highest BCUT2D eigenvalue weighted by Crippen LogP contribution is 2.42. The van der Waals surface area contributed by atoms with E-state index in [9.17, 15) is 0 Å². The molecule has 7 aromatic carbocycles. The second-order valence-corrected chi connectivity index (χ2v) is 16.0. The smallest absolute Gasteiger partial charge is 0.226 e. The minimum Gasteiger partial charge on any atom is -0.436 e. The summed E-state index contributed by atoms with van der Waals surface area (Å²) < 4.78 is 10.8. The number of rotatable bonds is 6. The second-order valence-electron chi connectivity index (χ2n) is 14.9. The van der Waals surface area contributed by atoms with Gasteiger partial charge in [-0.15, -0.1) is 11.3 Å². The third-order valence-corrected chi connectivity index (χ3v) is 12.6. The number of fused-ring (bicyclic) bond motifs is 7. The topological polar surface area (TPSA) is 69.6 Å². The lowest BCUT2D eigenvalue weighted by Gasteiger charge is -2.11. The van der Waals surface area contributed by atoms with E-state index in [2.05, 4.69) is 156 Å². The van der Waals surface area contributed by atoms with Crippen molar-refractivity contribution in [2.24, 2.45) is 0 Å². The van der Waals surface area contributed by atoms with Crippen molar-refractivity contribution in [2.45, 2.75) is 12.8 Å². The van der Waals surface area contributed by atoms with E-state index in [1.807, 2.05) is 24.3 Å². The van der Waals surface area contributed by atoms with Crippen molar-refractivity contribution in [2.75, 3.05) is 0 Å². The number of para-hydroxylation sites is 2. The summed E-state index contributed by atoms with van der Waals surface area (Å²) in [5.41, 5.74) is 10.5. The first kappa shape index (κ1) is 33.6. The van der Waals surface area contributed by atoms with Crippen molar-refractivity contribution in [1.82, 2.24) is 24.5 Å². The van der Waals surface area contributed by atoms with Gasteiger partial charge in [0.2, 0.25) is 5.89 Å². The van der Waals surface area contributed by atoms with E-state index in [0.29, 0.717) is 23.4 Å². The van der Waals surface area contributed by atoms with Crippen molar-refractivity contribution >= 4 is 59.4 Å². The standard InChI is InChI=1S/C52H33N5OS/c1-3-13-32(14-4-1)49-54-50(35-25-27-39-38-19-7-9-23-44(38)57(45(39)31-35)37-17-5-2-6-18-37)56-51(55-49)41-21-12-20-40-42-30-34(26-28-47(42)59-48(40)41)33-15-11-16-36(29-33)52-53-43-22-8-10-24-46(43)58-52/h1-7,9-21,23-31H,8,22H2. The Bertz CT molecular complexity index is 3450. The second kappa shape index (κ2) is 13.6. The molecule has 12 rings (SSSR count). The van der Waals surface area contributed by atoms with Gasteiger partial charge in [0.1, 0.15) is 0 Å². The van der Waals surface area contributed by atoms with E-state index in [0.717, 1.165) is 79.1 Å². The highest BCUT2D eigenvalue weighted by Gasteiger charge is 2.20. The first-order chi connectivity index (χ1) is 29.2. The van der Waals surface area contributed by atoms with E-state index >= 15 is 0 Å². The van der Waals surface area contributed by atoms with E-state index < -0.39 is 0 Å². The molecule has 0 amide bonds. The summed E-state index contributed by atoms with van der Waals surface area (Å²) in [5, 5.41) is 4.76. The molecule has 0 saturated carbocycles. The summed E-state index contributed by atoms with van der Waals surface area (Å²) in [5.74, 6) is 3.44. The zero-order valence-electron chi connectivity index (χ0n) is 31.7. The summed E-state index contributed by atoms with van der Waals surface area (Å²) in [6.45, 7) is 0. The lowest BCUT2D eigenvalue weighted by Crippen LogP contribution is -2.00. The first-order valence-electron chi connectivity index (χ1n) is 19.9. The predicted octanol–water partition coefficient (Wildman–Crippen LogP) is 13.6. The minimum absolute atomic E-state index is 0.629. The monoisotopic (exact) mass is 775 g/mol. The van der Waals surface area contributed by atoms with Crippen LogP contribution < -0.4 is 0 Å². The third-order valence-electron chi connectivity index (χ3n) is 11.3.